The highest BCUT2D eigenvalue weighted by molar-refractivity contribution is 6.44. The van der Waals surface area contributed by atoms with E-state index in [0.717, 1.165) is 18.2 Å². The van der Waals surface area contributed by atoms with E-state index < -0.39 is 29.1 Å². The molecule has 9 heteroatoms. The summed E-state index contributed by atoms with van der Waals surface area (Å²) in [7, 11) is 2.72. The van der Waals surface area contributed by atoms with Gasteiger partial charge in [0.2, 0.25) is 0 Å². The van der Waals surface area contributed by atoms with Gasteiger partial charge in [-0.3, -0.25) is 9.59 Å². The standard InChI is InChI=1S/C16H13ClF2N2O4/c1-24-13-7-12(14(25-2)6-9(13)17)21-16(23)15(22)20-11-5-8(18)3-4-10(11)19/h3-7H,1-2H3,(H,20,22)(H,21,23). The fourth-order valence-electron chi connectivity index (χ4n) is 1.91. The summed E-state index contributed by atoms with van der Waals surface area (Å²) in [4.78, 5) is 23.9. The number of anilines is 2. The normalized spacial score (nSPS) is 10.1. The predicted octanol–water partition coefficient (Wildman–Crippen LogP) is 3.21. The number of hydrogen-bond acceptors (Lipinski definition) is 4. The van der Waals surface area contributed by atoms with E-state index in [0.29, 0.717) is 0 Å². The lowest BCUT2D eigenvalue weighted by atomic mass is 10.2. The molecule has 0 aromatic heterocycles. The van der Waals surface area contributed by atoms with Crippen molar-refractivity contribution in [3.05, 3.63) is 47.0 Å². The Hall–Kier alpha value is -2.87. The van der Waals surface area contributed by atoms with E-state index >= 15 is 0 Å². The van der Waals surface area contributed by atoms with Crippen molar-refractivity contribution in [2.75, 3.05) is 24.9 Å². The Labute approximate surface area is 146 Å². The molecule has 0 aliphatic carbocycles. The van der Waals surface area contributed by atoms with E-state index in [9.17, 15) is 18.4 Å². The van der Waals surface area contributed by atoms with Gasteiger partial charge in [-0.1, -0.05) is 11.6 Å². The Morgan fingerprint density at radius 2 is 1.52 bits per heavy atom. The third-order valence-corrected chi connectivity index (χ3v) is 3.40. The summed E-state index contributed by atoms with van der Waals surface area (Å²) in [6, 6.07) is 5.22. The van der Waals surface area contributed by atoms with Gasteiger partial charge in [0.25, 0.3) is 0 Å². The first-order valence-electron chi connectivity index (χ1n) is 6.84. The number of ether oxygens (including phenoxy) is 2. The maximum absolute atomic E-state index is 13.5. The molecule has 2 aromatic rings. The molecule has 0 radical (unpaired) electrons. The second kappa shape index (κ2) is 7.80. The lowest BCUT2D eigenvalue weighted by Crippen LogP contribution is -2.29. The van der Waals surface area contributed by atoms with Gasteiger partial charge in [-0.25, -0.2) is 8.78 Å². The van der Waals surface area contributed by atoms with Crippen molar-refractivity contribution in [2.24, 2.45) is 0 Å². The lowest BCUT2D eigenvalue weighted by Gasteiger charge is -2.13. The van der Waals surface area contributed by atoms with Crippen LogP contribution in [0.25, 0.3) is 0 Å². The molecule has 0 heterocycles. The van der Waals surface area contributed by atoms with Gasteiger partial charge < -0.3 is 20.1 Å². The maximum atomic E-state index is 13.5. The van der Waals surface area contributed by atoms with Crippen LogP contribution in [0.5, 0.6) is 11.5 Å². The van der Waals surface area contributed by atoms with Crippen LogP contribution in [0.4, 0.5) is 20.2 Å². The van der Waals surface area contributed by atoms with Gasteiger partial charge in [0.1, 0.15) is 23.1 Å². The highest BCUT2D eigenvalue weighted by Gasteiger charge is 2.19. The summed E-state index contributed by atoms with van der Waals surface area (Å²) in [5.41, 5.74) is -0.343. The first-order valence-corrected chi connectivity index (χ1v) is 7.22. The van der Waals surface area contributed by atoms with Crippen LogP contribution in [-0.2, 0) is 9.59 Å². The molecule has 132 valence electrons. The molecule has 0 saturated carbocycles. The van der Waals surface area contributed by atoms with Crippen LogP contribution < -0.4 is 20.1 Å². The molecule has 0 aliphatic heterocycles. The van der Waals surface area contributed by atoms with Crippen LogP contribution in [0.15, 0.2) is 30.3 Å². The number of nitrogens with one attached hydrogen (secondary N) is 2. The average Bonchev–Trinajstić information content (AvgIpc) is 2.59. The Bertz CT molecular complexity index is 830. The number of hydrogen-bond donors (Lipinski definition) is 2. The van der Waals surface area contributed by atoms with Gasteiger partial charge >= 0.3 is 11.8 Å². The van der Waals surface area contributed by atoms with E-state index in [1.54, 1.807) is 0 Å². The summed E-state index contributed by atoms with van der Waals surface area (Å²) >= 11 is 5.94. The molecule has 0 atom stereocenters. The van der Waals surface area contributed by atoms with Crippen molar-refractivity contribution in [3.63, 3.8) is 0 Å². The van der Waals surface area contributed by atoms with Gasteiger partial charge in [-0.2, -0.15) is 0 Å². The minimum atomic E-state index is -1.19. The van der Waals surface area contributed by atoms with Crippen LogP contribution in [-0.4, -0.2) is 26.0 Å². The van der Waals surface area contributed by atoms with Crippen molar-refractivity contribution in [1.29, 1.82) is 0 Å². The fraction of sp³-hybridized carbons (Fsp3) is 0.125. The molecule has 2 rings (SSSR count). The molecule has 0 bridgehead atoms. The topological polar surface area (TPSA) is 76.7 Å². The molecule has 2 aromatic carbocycles. The Kier molecular flexibility index (Phi) is 5.76. The lowest BCUT2D eigenvalue weighted by molar-refractivity contribution is -0.133. The molecule has 0 saturated heterocycles. The maximum Gasteiger partial charge on any atom is 0.314 e. The van der Waals surface area contributed by atoms with Crippen molar-refractivity contribution in [3.8, 4) is 11.5 Å². The molecular weight excluding hydrogens is 358 g/mol. The Morgan fingerprint density at radius 3 is 2.12 bits per heavy atom. The molecule has 0 fully saturated rings. The summed E-state index contributed by atoms with van der Waals surface area (Å²) in [5.74, 6) is -3.53. The predicted molar refractivity (Wildman–Crippen MR) is 88.2 cm³/mol. The van der Waals surface area contributed by atoms with Crippen molar-refractivity contribution in [2.45, 2.75) is 0 Å². The van der Waals surface area contributed by atoms with Crippen LogP contribution in [0.2, 0.25) is 5.02 Å². The zero-order valence-corrected chi connectivity index (χ0v) is 13.9. The second-order valence-electron chi connectivity index (χ2n) is 4.72. The summed E-state index contributed by atoms with van der Waals surface area (Å²) in [6.45, 7) is 0. The molecule has 2 N–H and O–H groups in total. The Morgan fingerprint density at radius 1 is 0.920 bits per heavy atom. The zero-order chi connectivity index (χ0) is 18.6. The number of carbonyl (C=O) groups is 2. The number of rotatable bonds is 4. The second-order valence-corrected chi connectivity index (χ2v) is 5.13. The summed E-state index contributed by atoms with van der Waals surface area (Å²) < 4.78 is 36.7. The Balaban J connectivity index is 2.18. The fourth-order valence-corrected chi connectivity index (χ4v) is 2.14. The summed E-state index contributed by atoms with van der Waals surface area (Å²) in [6.07, 6.45) is 0. The molecule has 0 aliphatic rings. The SMILES string of the molecule is COc1cc(NC(=O)C(=O)Nc2cc(F)ccc2F)c(OC)cc1Cl. The summed E-state index contributed by atoms with van der Waals surface area (Å²) in [5, 5.41) is 4.51. The van der Waals surface area contributed by atoms with E-state index in [-0.39, 0.29) is 22.2 Å². The smallest absolute Gasteiger partial charge is 0.314 e. The molecular formula is C16H13ClF2N2O4. The van der Waals surface area contributed by atoms with Crippen molar-refractivity contribution < 1.29 is 27.8 Å². The largest absolute Gasteiger partial charge is 0.495 e. The van der Waals surface area contributed by atoms with Gasteiger partial charge in [-0.15, -0.1) is 0 Å². The molecule has 0 spiro atoms. The highest BCUT2D eigenvalue weighted by Crippen LogP contribution is 2.35. The third kappa shape index (κ3) is 4.36. The van der Waals surface area contributed by atoms with Gasteiger partial charge in [0, 0.05) is 18.2 Å². The van der Waals surface area contributed by atoms with Gasteiger partial charge in [-0.05, 0) is 12.1 Å². The number of carbonyl (C=O) groups excluding carboxylic acids is 2. The number of methoxy groups -OCH3 is 2. The first kappa shape index (κ1) is 18.5. The van der Waals surface area contributed by atoms with E-state index in [2.05, 4.69) is 5.32 Å². The molecule has 0 unspecified atom stereocenters. The first-order chi connectivity index (χ1) is 11.8. The van der Waals surface area contributed by atoms with Gasteiger partial charge in [0.15, 0.2) is 0 Å². The van der Waals surface area contributed by atoms with Crippen molar-refractivity contribution >= 4 is 34.8 Å². The van der Waals surface area contributed by atoms with E-state index in [1.807, 2.05) is 5.32 Å². The number of halogens is 3. The number of benzene rings is 2. The monoisotopic (exact) mass is 370 g/mol. The van der Waals surface area contributed by atoms with Crippen LogP contribution >= 0.6 is 11.6 Å². The van der Waals surface area contributed by atoms with Crippen LogP contribution in [0, 0.1) is 11.6 Å². The minimum Gasteiger partial charge on any atom is -0.495 e. The van der Waals surface area contributed by atoms with E-state index in [4.69, 9.17) is 21.1 Å². The van der Waals surface area contributed by atoms with Crippen molar-refractivity contribution in [1.82, 2.24) is 0 Å². The highest BCUT2D eigenvalue weighted by atomic mass is 35.5. The van der Waals surface area contributed by atoms with Gasteiger partial charge in [0.05, 0.1) is 30.6 Å². The molecule has 2 amide bonds. The molecule has 6 nitrogen and oxygen atoms in total. The zero-order valence-electron chi connectivity index (χ0n) is 13.2. The average molecular weight is 371 g/mol. The third-order valence-electron chi connectivity index (χ3n) is 3.10. The number of amides is 2. The molecule has 25 heavy (non-hydrogen) atoms. The quantitative estimate of drug-likeness (QED) is 0.810. The van der Waals surface area contributed by atoms with E-state index in [1.165, 1.54) is 26.4 Å². The minimum absolute atomic E-state index is 0.114. The van der Waals surface area contributed by atoms with Crippen LogP contribution in [0.1, 0.15) is 0 Å². The van der Waals surface area contributed by atoms with Crippen LogP contribution in [0.3, 0.4) is 0 Å².